The Morgan fingerprint density at radius 3 is 2.62 bits per heavy atom. The minimum atomic E-state index is -0.106. The van der Waals surface area contributed by atoms with E-state index in [2.05, 4.69) is 26.1 Å². The van der Waals surface area contributed by atoms with Crippen molar-refractivity contribution in [3.8, 4) is 5.75 Å². The standard InChI is InChI=1S/C33H33ClN2O2S/c1-33(2,3)24-16-17-27-29(19-24)39-32(30(27)31(37)36-26-13-5-4-6-14-26)35-20-23-11-7-8-15-28(23)38-21-22-10-9-12-25(34)18-22/h4-15,18,20,24H,16-17,19,21H2,1-3H3,(H,36,37)/t24-/m0/s1. The normalized spacial score (nSPS) is 15.2. The Morgan fingerprint density at radius 1 is 1.08 bits per heavy atom. The van der Waals surface area contributed by atoms with E-state index in [1.54, 1.807) is 11.3 Å². The molecule has 4 aromatic rings. The molecule has 0 bridgehead atoms. The number of amides is 1. The molecule has 200 valence electrons. The van der Waals surface area contributed by atoms with Crippen LogP contribution in [0.25, 0.3) is 0 Å². The summed E-state index contributed by atoms with van der Waals surface area (Å²) in [6.07, 6.45) is 4.75. The van der Waals surface area contributed by atoms with E-state index < -0.39 is 0 Å². The molecule has 1 atom stereocenters. The predicted octanol–water partition coefficient (Wildman–Crippen LogP) is 9.13. The molecule has 1 amide bonds. The molecule has 1 aliphatic rings. The number of ether oxygens (including phenoxy) is 1. The van der Waals surface area contributed by atoms with E-state index in [1.807, 2.05) is 85.1 Å². The summed E-state index contributed by atoms with van der Waals surface area (Å²) < 4.78 is 6.13. The third-order valence-corrected chi connectivity index (χ3v) is 8.65. The van der Waals surface area contributed by atoms with Crippen molar-refractivity contribution >= 4 is 45.7 Å². The molecule has 0 unspecified atom stereocenters. The molecule has 1 heterocycles. The van der Waals surface area contributed by atoms with Crippen LogP contribution in [0.15, 0.2) is 83.9 Å². The number of carbonyl (C=O) groups excluding carboxylic acids is 1. The molecule has 5 rings (SSSR count). The lowest BCUT2D eigenvalue weighted by Gasteiger charge is -2.33. The molecule has 1 aliphatic carbocycles. The minimum Gasteiger partial charge on any atom is -0.488 e. The van der Waals surface area contributed by atoms with Crippen molar-refractivity contribution in [2.75, 3.05) is 5.32 Å². The Labute approximate surface area is 239 Å². The van der Waals surface area contributed by atoms with E-state index in [1.165, 1.54) is 4.88 Å². The number of nitrogens with zero attached hydrogens (tertiary/aromatic N) is 1. The maximum Gasteiger partial charge on any atom is 0.259 e. The zero-order valence-corrected chi connectivity index (χ0v) is 24.1. The van der Waals surface area contributed by atoms with Gasteiger partial charge in [-0.15, -0.1) is 11.3 Å². The third-order valence-electron chi connectivity index (χ3n) is 7.25. The van der Waals surface area contributed by atoms with Crippen molar-refractivity contribution in [2.24, 2.45) is 16.3 Å². The first-order chi connectivity index (χ1) is 18.8. The third kappa shape index (κ3) is 6.60. The molecular weight excluding hydrogens is 524 g/mol. The Bertz CT molecular complexity index is 1490. The monoisotopic (exact) mass is 556 g/mol. The second-order valence-electron chi connectivity index (χ2n) is 11.0. The van der Waals surface area contributed by atoms with E-state index >= 15 is 0 Å². The molecule has 6 heteroatoms. The number of carbonyl (C=O) groups is 1. The van der Waals surface area contributed by atoms with Gasteiger partial charge in [0.2, 0.25) is 0 Å². The lowest BCUT2D eigenvalue weighted by Crippen LogP contribution is -2.27. The first-order valence-corrected chi connectivity index (χ1v) is 14.5. The number of para-hydroxylation sites is 2. The van der Waals surface area contributed by atoms with Gasteiger partial charge in [0.1, 0.15) is 17.4 Å². The van der Waals surface area contributed by atoms with Gasteiger partial charge in [0, 0.05) is 27.4 Å². The van der Waals surface area contributed by atoms with Crippen LogP contribution in [-0.4, -0.2) is 12.1 Å². The number of thiophene rings is 1. The molecule has 0 spiro atoms. The van der Waals surface area contributed by atoms with Crippen LogP contribution < -0.4 is 10.1 Å². The van der Waals surface area contributed by atoms with Gasteiger partial charge in [-0.2, -0.15) is 0 Å². The first-order valence-electron chi connectivity index (χ1n) is 13.3. The van der Waals surface area contributed by atoms with Crippen LogP contribution in [0.3, 0.4) is 0 Å². The first kappa shape index (κ1) is 27.2. The van der Waals surface area contributed by atoms with Gasteiger partial charge in [0.15, 0.2) is 0 Å². The zero-order valence-electron chi connectivity index (χ0n) is 22.5. The van der Waals surface area contributed by atoms with Gasteiger partial charge in [0.25, 0.3) is 5.91 Å². The summed E-state index contributed by atoms with van der Waals surface area (Å²) in [4.78, 5) is 19.8. The van der Waals surface area contributed by atoms with Crippen LogP contribution in [0.2, 0.25) is 5.02 Å². The maximum atomic E-state index is 13.6. The summed E-state index contributed by atoms with van der Waals surface area (Å²) >= 11 is 7.78. The average molecular weight is 557 g/mol. The van der Waals surface area contributed by atoms with Crippen molar-refractivity contribution < 1.29 is 9.53 Å². The topological polar surface area (TPSA) is 50.7 Å². The number of rotatable bonds is 7. The molecule has 39 heavy (non-hydrogen) atoms. The number of anilines is 1. The molecule has 1 N–H and O–H groups in total. The van der Waals surface area contributed by atoms with Gasteiger partial charge in [-0.25, -0.2) is 4.99 Å². The number of hydrogen-bond donors (Lipinski definition) is 1. The second kappa shape index (κ2) is 11.8. The quantitative estimate of drug-likeness (QED) is 0.231. The van der Waals surface area contributed by atoms with Gasteiger partial charge in [-0.1, -0.05) is 74.8 Å². The largest absolute Gasteiger partial charge is 0.488 e. The Morgan fingerprint density at radius 2 is 1.85 bits per heavy atom. The summed E-state index contributed by atoms with van der Waals surface area (Å²) in [7, 11) is 0. The highest BCUT2D eigenvalue weighted by molar-refractivity contribution is 7.16. The molecule has 4 nitrogen and oxygen atoms in total. The van der Waals surface area contributed by atoms with Gasteiger partial charge in [-0.05, 0) is 78.1 Å². The average Bonchev–Trinajstić information content (AvgIpc) is 3.29. The lowest BCUT2D eigenvalue weighted by molar-refractivity contribution is 0.102. The van der Waals surface area contributed by atoms with E-state index in [0.717, 1.165) is 52.4 Å². The van der Waals surface area contributed by atoms with Crippen molar-refractivity contribution in [1.82, 2.24) is 0 Å². The maximum absolute atomic E-state index is 13.6. The SMILES string of the molecule is CC(C)(C)[C@H]1CCc2c(sc(N=Cc3ccccc3OCc3cccc(Cl)c3)c2C(=O)Nc2ccccc2)C1. The van der Waals surface area contributed by atoms with Crippen molar-refractivity contribution in [3.05, 3.63) is 111 Å². The smallest absolute Gasteiger partial charge is 0.259 e. The predicted molar refractivity (Wildman–Crippen MR) is 163 cm³/mol. The number of hydrogen-bond acceptors (Lipinski definition) is 4. The van der Waals surface area contributed by atoms with Crippen molar-refractivity contribution in [1.29, 1.82) is 0 Å². The number of aliphatic imine (C=N–C) groups is 1. The van der Waals surface area contributed by atoms with E-state index in [0.29, 0.717) is 23.1 Å². The fourth-order valence-corrected chi connectivity index (χ4v) is 6.47. The fourth-order valence-electron chi connectivity index (χ4n) is 4.99. The number of benzene rings is 3. The summed E-state index contributed by atoms with van der Waals surface area (Å²) in [5, 5.41) is 4.51. The number of nitrogens with one attached hydrogen (secondary N) is 1. The van der Waals surface area contributed by atoms with Crippen LogP contribution in [0.4, 0.5) is 10.7 Å². The fraction of sp³-hybridized carbons (Fsp3) is 0.273. The van der Waals surface area contributed by atoms with E-state index in [9.17, 15) is 4.79 Å². The highest BCUT2D eigenvalue weighted by Gasteiger charge is 2.33. The zero-order chi connectivity index (χ0) is 27.4. The van der Waals surface area contributed by atoms with Crippen molar-refractivity contribution in [3.63, 3.8) is 0 Å². The summed E-state index contributed by atoms with van der Waals surface area (Å²) in [5.74, 6) is 1.20. The van der Waals surface area contributed by atoms with Gasteiger partial charge in [-0.3, -0.25) is 4.79 Å². The summed E-state index contributed by atoms with van der Waals surface area (Å²) in [5.41, 5.74) is 4.69. The highest BCUT2D eigenvalue weighted by atomic mass is 35.5. The van der Waals surface area contributed by atoms with Crippen LogP contribution in [0.5, 0.6) is 5.75 Å². The Hall–Kier alpha value is -3.41. The van der Waals surface area contributed by atoms with Gasteiger partial charge in [0.05, 0.1) is 5.56 Å². The summed E-state index contributed by atoms with van der Waals surface area (Å²) in [6, 6.07) is 25.1. The highest BCUT2D eigenvalue weighted by Crippen LogP contribution is 2.45. The van der Waals surface area contributed by atoms with Crippen molar-refractivity contribution in [2.45, 2.75) is 46.6 Å². The van der Waals surface area contributed by atoms with E-state index in [-0.39, 0.29) is 11.3 Å². The minimum absolute atomic E-state index is 0.106. The molecule has 0 radical (unpaired) electrons. The van der Waals surface area contributed by atoms with Gasteiger partial charge >= 0.3 is 0 Å². The van der Waals surface area contributed by atoms with Crippen LogP contribution >= 0.6 is 22.9 Å². The molecule has 0 saturated carbocycles. The van der Waals surface area contributed by atoms with Gasteiger partial charge < -0.3 is 10.1 Å². The molecule has 0 aliphatic heterocycles. The lowest BCUT2D eigenvalue weighted by atomic mass is 9.72. The molecule has 1 aromatic heterocycles. The summed E-state index contributed by atoms with van der Waals surface area (Å²) in [6.45, 7) is 7.31. The van der Waals surface area contributed by atoms with Crippen LogP contribution in [0.1, 0.15) is 59.1 Å². The molecule has 3 aromatic carbocycles. The number of halogens is 1. The van der Waals surface area contributed by atoms with Crippen LogP contribution in [0, 0.1) is 11.3 Å². The molecule has 0 saturated heterocycles. The molecule has 0 fully saturated rings. The molecular formula is C33H33ClN2O2S. The van der Waals surface area contributed by atoms with Crippen LogP contribution in [-0.2, 0) is 19.4 Å². The van der Waals surface area contributed by atoms with E-state index in [4.69, 9.17) is 21.3 Å². The Balaban J connectivity index is 1.45. The Kier molecular flexibility index (Phi) is 8.20. The second-order valence-corrected chi connectivity index (χ2v) is 12.5. The number of fused-ring (bicyclic) bond motifs is 1.